The number of carbonyl (C=O) groups is 1. The molecule has 0 aliphatic rings. The van der Waals surface area contributed by atoms with Gasteiger partial charge in [0.05, 0.1) is 11.1 Å². The van der Waals surface area contributed by atoms with E-state index in [2.05, 4.69) is 9.97 Å². The molecule has 6 nitrogen and oxygen atoms in total. The van der Waals surface area contributed by atoms with Crippen LogP contribution in [0.15, 0.2) is 35.5 Å². The molecule has 1 aromatic carbocycles. The van der Waals surface area contributed by atoms with Gasteiger partial charge in [-0.3, -0.25) is 4.79 Å². The number of rotatable bonds is 5. The summed E-state index contributed by atoms with van der Waals surface area (Å²) in [6.45, 7) is 0.349. The number of hydrogen-bond donors (Lipinski definition) is 2. The van der Waals surface area contributed by atoms with E-state index >= 15 is 0 Å². The van der Waals surface area contributed by atoms with Crippen molar-refractivity contribution in [3.63, 3.8) is 0 Å². The summed E-state index contributed by atoms with van der Waals surface area (Å²) in [5, 5.41) is 1.09. The van der Waals surface area contributed by atoms with Gasteiger partial charge in [-0.2, -0.15) is 4.98 Å². The van der Waals surface area contributed by atoms with Crippen molar-refractivity contribution < 1.29 is 9.53 Å². The van der Waals surface area contributed by atoms with E-state index in [0.717, 1.165) is 16.9 Å². The van der Waals surface area contributed by atoms with Crippen molar-refractivity contribution in [2.45, 2.75) is 11.8 Å². The first-order chi connectivity index (χ1) is 11.1. The summed E-state index contributed by atoms with van der Waals surface area (Å²) in [5.41, 5.74) is 12.7. The van der Waals surface area contributed by atoms with Crippen molar-refractivity contribution in [3.05, 3.63) is 40.8 Å². The summed E-state index contributed by atoms with van der Waals surface area (Å²) < 4.78 is 5.83. The van der Waals surface area contributed by atoms with E-state index in [1.54, 1.807) is 0 Å². The third-order valence-electron chi connectivity index (χ3n) is 3.16. The summed E-state index contributed by atoms with van der Waals surface area (Å²) in [5.74, 6) is -0.213. The van der Waals surface area contributed by atoms with Crippen molar-refractivity contribution in [2.75, 3.05) is 12.0 Å². The van der Waals surface area contributed by atoms with Crippen LogP contribution >= 0.6 is 23.1 Å². The van der Waals surface area contributed by atoms with Crippen LogP contribution in [0.5, 0.6) is 5.88 Å². The lowest BCUT2D eigenvalue weighted by Gasteiger charge is -2.08. The molecule has 0 aliphatic carbocycles. The minimum atomic E-state index is -0.579. The van der Waals surface area contributed by atoms with Crippen LogP contribution in [0.25, 0.3) is 10.2 Å². The van der Waals surface area contributed by atoms with E-state index in [-0.39, 0.29) is 10.6 Å². The van der Waals surface area contributed by atoms with E-state index < -0.39 is 5.91 Å². The highest BCUT2D eigenvalue weighted by molar-refractivity contribution is 7.98. The van der Waals surface area contributed by atoms with Crippen LogP contribution in [-0.2, 0) is 6.61 Å². The highest BCUT2D eigenvalue weighted by Crippen LogP contribution is 2.38. The molecule has 3 rings (SSSR count). The standard InChI is InChI=1S/C15H14N4O2S2/c1-22-15-18-13(21-7-8-5-3-2-4-6-8)9-10(16)11(12(17)20)23-14(9)19-15/h2-6H,7,16H2,1H3,(H2,17,20). The number of thiophene rings is 1. The van der Waals surface area contributed by atoms with Crippen LogP contribution in [0.2, 0.25) is 0 Å². The van der Waals surface area contributed by atoms with Crippen LogP contribution in [0, 0.1) is 0 Å². The number of carbonyl (C=O) groups excluding carboxylic acids is 1. The fourth-order valence-corrected chi connectivity index (χ4v) is 3.43. The third-order valence-corrected chi connectivity index (χ3v) is 4.82. The van der Waals surface area contributed by atoms with Gasteiger partial charge in [0.2, 0.25) is 5.88 Å². The topological polar surface area (TPSA) is 104 Å². The molecule has 2 heterocycles. The first-order valence-electron chi connectivity index (χ1n) is 6.70. The highest BCUT2D eigenvalue weighted by atomic mass is 32.2. The first kappa shape index (κ1) is 15.6. The predicted octanol–water partition coefficient (Wildman–Crippen LogP) is 2.67. The summed E-state index contributed by atoms with van der Waals surface area (Å²) in [6.07, 6.45) is 1.87. The number of ether oxygens (including phenoxy) is 1. The van der Waals surface area contributed by atoms with Crippen molar-refractivity contribution >= 4 is 44.9 Å². The Kier molecular flexibility index (Phi) is 4.35. The summed E-state index contributed by atoms with van der Waals surface area (Å²) in [4.78, 5) is 21.1. The number of aromatic nitrogens is 2. The fourth-order valence-electron chi connectivity index (χ4n) is 2.08. The number of nitrogens with two attached hydrogens (primary N) is 2. The first-order valence-corrected chi connectivity index (χ1v) is 8.74. The summed E-state index contributed by atoms with van der Waals surface area (Å²) >= 11 is 2.54. The molecule has 0 atom stereocenters. The van der Waals surface area contributed by atoms with Gasteiger partial charge in [0, 0.05) is 0 Å². The highest BCUT2D eigenvalue weighted by Gasteiger charge is 2.20. The molecule has 0 bridgehead atoms. The lowest BCUT2D eigenvalue weighted by Crippen LogP contribution is -2.10. The van der Waals surface area contributed by atoms with E-state index in [0.29, 0.717) is 27.9 Å². The Morgan fingerprint density at radius 2 is 2.04 bits per heavy atom. The van der Waals surface area contributed by atoms with Gasteiger partial charge in [-0.15, -0.1) is 11.3 Å². The third kappa shape index (κ3) is 3.08. The zero-order valence-electron chi connectivity index (χ0n) is 12.3. The second-order valence-corrected chi connectivity index (χ2v) is 6.45. The van der Waals surface area contributed by atoms with Crippen molar-refractivity contribution in [1.29, 1.82) is 0 Å². The van der Waals surface area contributed by atoms with Gasteiger partial charge in [-0.25, -0.2) is 4.98 Å². The maximum Gasteiger partial charge on any atom is 0.260 e. The van der Waals surface area contributed by atoms with Crippen molar-refractivity contribution in [2.24, 2.45) is 5.73 Å². The van der Waals surface area contributed by atoms with E-state index in [9.17, 15) is 4.79 Å². The number of benzene rings is 1. The molecule has 0 unspecified atom stereocenters. The number of primary amides is 1. The number of anilines is 1. The van der Waals surface area contributed by atoms with Crippen LogP contribution in [-0.4, -0.2) is 22.1 Å². The number of amides is 1. The molecule has 0 radical (unpaired) electrons. The Bertz CT molecular complexity index is 865. The van der Waals surface area contributed by atoms with E-state index in [4.69, 9.17) is 16.2 Å². The SMILES string of the molecule is CSc1nc(OCc2ccccc2)c2c(N)c(C(N)=O)sc2n1. The van der Waals surface area contributed by atoms with Gasteiger partial charge in [0.15, 0.2) is 5.16 Å². The number of hydrogen-bond acceptors (Lipinski definition) is 7. The Hall–Kier alpha value is -2.32. The minimum absolute atomic E-state index is 0.271. The predicted molar refractivity (Wildman–Crippen MR) is 92.9 cm³/mol. The molecular weight excluding hydrogens is 332 g/mol. The molecule has 0 saturated heterocycles. The molecule has 0 fully saturated rings. The Morgan fingerprint density at radius 3 is 2.70 bits per heavy atom. The zero-order chi connectivity index (χ0) is 16.4. The average Bonchev–Trinajstić information content (AvgIpc) is 2.90. The molecule has 3 aromatic rings. The fraction of sp³-hybridized carbons (Fsp3) is 0.133. The normalized spacial score (nSPS) is 10.8. The minimum Gasteiger partial charge on any atom is -0.472 e. The molecule has 1 amide bonds. The number of nitrogens with zero attached hydrogens (tertiary/aromatic N) is 2. The lowest BCUT2D eigenvalue weighted by molar-refractivity contribution is 0.100. The van der Waals surface area contributed by atoms with Gasteiger partial charge in [0.25, 0.3) is 5.91 Å². The Morgan fingerprint density at radius 1 is 1.30 bits per heavy atom. The maximum absolute atomic E-state index is 11.5. The maximum atomic E-state index is 11.5. The molecule has 0 aliphatic heterocycles. The van der Waals surface area contributed by atoms with E-state index in [1.807, 2.05) is 36.6 Å². The molecule has 118 valence electrons. The van der Waals surface area contributed by atoms with Crippen LogP contribution in [0.3, 0.4) is 0 Å². The molecule has 23 heavy (non-hydrogen) atoms. The average molecular weight is 346 g/mol. The van der Waals surface area contributed by atoms with Gasteiger partial charge >= 0.3 is 0 Å². The zero-order valence-corrected chi connectivity index (χ0v) is 13.9. The Labute approximate surface area is 140 Å². The molecular formula is C15H14N4O2S2. The number of fused-ring (bicyclic) bond motifs is 1. The molecule has 8 heteroatoms. The van der Waals surface area contributed by atoms with Gasteiger partial charge < -0.3 is 16.2 Å². The summed E-state index contributed by atoms with van der Waals surface area (Å²) in [6, 6.07) is 9.73. The molecule has 4 N–H and O–H groups in total. The van der Waals surface area contributed by atoms with Crippen molar-refractivity contribution in [1.82, 2.24) is 9.97 Å². The van der Waals surface area contributed by atoms with Gasteiger partial charge in [-0.05, 0) is 11.8 Å². The molecule has 0 spiro atoms. The largest absolute Gasteiger partial charge is 0.472 e. The van der Waals surface area contributed by atoms with Crippen LogP contribution in [0.1, 0.15) is 15.2 Å². The monoisotopic (exact) mass is 346 g/mol. The summed E-state index contributed by atoms with van der Waals surface area (Å²) in [7, 11) is 0. The van der Waals surface area contributed by atoms with E-state index in [1.165, 1.54) is 11.8 Å². The quantitative estimate of drug-likeness (QED) is 0.544. The van der Waals surface area contributed by atoms with Crippen LogP contribution in [0.4, 0.5) is 5.69 Å². The smallest absolute Gasteiger partial charge is 0.260 e. The second kappa shape index (κ2) is 6.43. The van der Waals surface area contributed by atoms with Gasteiger partial charge in [0.1, 0.15) is 16.3 Å². The van der Waals surface area contributed by atoms with Gasteiger partial charge in [-0.1, -0.05) is 42.1 Å². The Balaban J connectivity index is 2.05. The van der Waals surface area contributed by atoms with Crippen LogP contribution < -0.4 is 16.2 Å². The lowest BCUT2D eigenvalue weighted by atomic mass is 10.2. The second-order valence-electron chi connectivity index (χ2n) is 4.68. The number of nitrogen functional groups attached to an aromatic ring is 1. The molecule has 0 saturated carbocycles. The van der Waals surface area contributed by atoms with Crippen molar-refractivity contribution in [3.8, 4) is 5.88 Å². The molecule has 2 aromatic heterocycles. The number of thioether (sulfide) groups is 1.